The third kappa shape index (κ3) is 3.77. The van der Waals surface area contributed by atoms with Crippen molar-refractivity contribution in [3.63, 3.8) is 0 Å². The van der Waals surface area contributed by atoms with Crippen LogP contribution in [0.25, 0.3) is 0 Å². The predicted molar refractivity (Wildman–Crippen MR) is 69.0 cm³/mol. The average molecular weight is 235 g/mol. The highest BCUT2D eigenvalue weighted by Crippen LogP contribution is 2.20. The maximum Gasteiger partial charge on any atom is 0.225 e. The molecule has 0 aliphatic rings. The molecule has 0 aromatic heterocycles. The summed E-state index contributed by atoms with van der Waals surface area (Å²) in [5, 5.41) is 2.99. The SMILES string of the molecule is COc1ccc([C@H](C)NC(=O)C(C)(C)C)cc1. The van der Waals surface area contributed by atoms with Gasteiger partial charge in [0.15, 0.2) is 0 Å². The molecule has 1 N–H and O–H groups in total. The van der Waals surface area contributed by atoms with Crippen molar-refractivity contribution in [1.29, 1.82) is 0 Å². The lowest BCUT2D eigenvalue weighted by atomic mass is 9.94. The van der Waals surface area contributed by atoms with Crippen LogP contribution < -0.4 is 10.1 Å². The number of carbonyl (C=O) groups excluding carboxylic acids is 1. The Morgan fingerprint density at radius 3 is 2.18 bits per heavy atom. The number of hydrogen-bond acceptors (Lipinski definition) is 2. The summed E-state index contributed by atoms with van der Waals surface area (Å²) in [5.74, 6) is 0.879. The Balaban J connectivity index is 2.70. The van der Waals surface area contributed by atoms with Crippen molar-refractivity contribution in [2.45, 2.75) is 33.7 Å². The molecular weight excluding hydrogens is 214 g/mol. The first-order chi connectivity index (χ1) is 7.84. The summed E-state index contributed by atoms with van der Waals surface area (Å²) in [6.45, 7) is 7.70. The van der Waals surface area contributed by atoms with Gasteiger partial charge in [0.2, 0.25) is 5.91 Å². The zero-order chi connectivity index (χ0) is 13.1. The van der Waals surface area contributed by atoms with E-state index in [0.717, 1.165) is 11.3 Å². The van der Waals surface area contributed by atoms with Crippen LogP contribution in [0.3, 0.4) is 0 Å². The van der Waals surface area contributed by atoms with Crippen LogP contribution >= 0.6 is 0 Å². The van der Waals surface area contributed by atoms with Gasteiger partial charge in [-0.2, -0.15) is 0 Å². The van der Waals surface area contributed by atoms with Gasteiger partial charge < -0.3 is 10.1 Å². The summed E-state index contributed by atoms with van der Waals surface area (Å²) >= 11 is 0. The summed E-state index contributed by atoms with van der Waals surface area (Å²) < 4.78 is 5.10. The minimum atomic E-state index is -0.360. The average Bonchev–Trinajstić information content (AvgIpc) is 2.27. The standard InChI is InChI=1S/C14H21NO2/c1-10(15-13(16)14(2,3)4)11-6-8-12(17-5)9-7-11/h6-10H,1-5H3,(H,15,16)/t10-/m0/s1. The molecule has 0 saturated heterocycles. The minimum Gasteiger partial charge on any atom is -0.497 e. The molecule has 0 aliphatic heterocycles. The van der Waals surface area contributed by atoms with E-state index in [9.17, 15) is 4.79 Å². The highest BCUT2D eigenvalue weighted by molar-refractivity contribution is 5.81. The van der Waals surface area contributed by atoms with Crippen LogP contribution in [-0.2, 0) is 4.79 Å². The molecule has 1 rings (SSSR count). The van der Waals surface area contributed by atoms with E-state index in [-0.39, 0.29) is 17.4 Å². The highest BCUT2D eigenvalue weighted by atomic mass is 16.5. The van der Waals surface area contributed by atoms with Crippen molar-refractivity contribution in [2.24, 2.45) is 5.41 Å². The van der Waals surface area contributed by atoms with Crippen LogP contribution in [0.5, 0.6) is 5.75 Å². The van der Waals surface area contributed by atoms with Crippen molar-refractivity contribution in [3.05, 3.63) is 29.8 Å². The van der Waals surface area contributed by atoms with Crippen LogP contribution in [0.15, 0.2) is 24.3 Å². The van der Waals surface area contributed by atoms with E-state index in [0.29, 0.717) is 0 Å². The predicted octanol–water partition coefficient (Wildman–Crippen LogP) is 2.92. The van der Waals surface area contributed by atoms with E-state index >= 15 is 0 Å². The lowest BCUT2D eigenvalue weighted by molar-refractivity contribution is -0.129. The Labute approximate surface area is 103 Å². The molecule has 1 atom stereocenters. The van der Waals surface area contributed by atoms with Crippen LogP contribution in [-0.4, -0.2) is 13.0 Å². The topological polar surface area (TPSA) is 38.3 Å². The minimum absolute atomic E-state index is 0.00707. The summed E-state index contributed by atoms with van der Waals surface area (Å²) in [4.78, 5) is 11.8. The van der Waals surface area contributed by atoms with Gasteiger partial charge in [-0.05, 0) is 24.6 Å². The summed E-state index contributed by atoms with van der Waals surface area (Å²) in [7, 11) is 1.64. The molecule has 1 amide bonds. The van der Waals surface area contributed by atoms with Gasteiger partial charge in [-0.1, -0.05) is 32.9 Å². The fraction of sp³-hybridized carbons (Fsp3) is 0.500. The second-order valence-electron chi connectivity index (χ2n) is 5.22. The van der Waals surface area contributed by atoms with Crippen molar-refractivity contribution in [3.8, 4) is 5.75 Å². The second kappa shape index (κ2) is 5.21. The first kappa shape index (κ1) is 13.6. The normalized spacial score (nSPS) is 13.0. The Morgan fingerprint density at radius 1 is 1.24 bits per heavy atom. The van der Waals surface area contributed by atoms with Crippen molar-refractivity contribution in [1.82, 2.24) is 5.32 Å². The molecule has 0 spiro atoms. The number of rotatable bonds is 3. The van der Waals surface area contributed by atoms with Crippen molar-refractivity contribution in [2.75, 3.05) is 7.11 Å². The maximum absolute atomic E-state index is 11.8. The molecule has 0 bridgehead atoms. The van der Waals surface area contributed by atoms with Gasteiger partial charge in [0.05, 0.1) is 13.2 Å². The molecule has 0 unspecified atom stereocenters. The van der Waals surface area contributed by atoms with Crippen LogP contribution in [0.4, 0.5) is 0 Å². The number of methoxy groups -OCH3 is 1. The molecule has 0 radical (unpaired) electrons. The molecular formula is C14H21NO2. The van der Waals surface area contributed by atoms with E-state index in [2.05, 4.69) is 5.32 Å². The lowest BCUT2D eigenvalue weighted by Crippen LogP contribution is -2.36. The fourth-order valence-corrected chi connectivity index (χ4v) is 1.39. The van der Waals surface area contributed by atoms with Gasteiger partial charge >= 0.3 is 0 Å². The van der Waals surface area contributed by atoms with E-state index in [1.807, 2.05) is 52.0 Å². The molecule has 1 aromatic rings. The van der Waals surface area contributed by atoms with Gasteiger partial charge in [0.25, 0.3) is 0 Å². The summed E-state index contributed by atoms with van der Waals surface area (Å²) in [5.41, 5.74) is 0.712. The Hall–Kier alpha value is -1.51. The molecule has 0 heterocycles. The molecule has 17 heavy (non-hydrogen) atoms. The van der Waals surface area contributed by atoms with Crippen LogP contribution in [0, 0.1) is 5.41 Å². The monoisotopic (exact) mass is 235 g/mol. The lowest BCUT2D eigenvalue weighted by Gasteiger charge is -2.22. The molecule has 94 valence electrons. The number of hydrogen-bond donors (Lipinski definition) is 1. The third-order valence-electron chi connectivity index (χ3n) is 2.64. The van der Waals surface area contributed by atoms with Crippen molar-refractivity contribution >= 4 is 5.91 Å². The van der Waals surface area contributed by atoms with Crippen LogP contribution in [0.1, 0.15) is 39.3 Å². The largest absolute Gasteiger partial charge is 0.497 e. The maximum atomic E-state index is 11.8. The quantitative estimate of drug-likeness (QED) is 0.874. The van der Waals surface area contributed by atoms with E-state index < -0.39 is 0 Å². The summed E-state index contributed by atoms with van der Waals surface area (Å²) in [6.07, 6.45) is 0. The number of carbonyl (C=O) groups is 1. The zero-order valence-corrected chi connectivity index (χ0v) is 11.2. The number of amides is 1. The zero-order valence-electron chi connectivity index (χ0n) is 11.2. The Kier molecular flexibility index (Phi) is 4.16. The smallest absolute Gasteiger partial charge is 0.225 e. The van der Waals surface area contributed by atoms with Crippen molar-refractivity contribution < 1.29 is 9.53 Å². The third-order valence-corrected chi connectivity index (χ3v) is 2.64. The van der Waals surface area contributed by atoms with Gasteiger partial charge in [-0.25, -0.2) is 0 Å². The highest BCUT2D eigenvalue weighted by Gasteiger charge is 2.22. The van der Waals surface area contributed by atoms with Gasteiger partial charge in [0.1, 0.15) is 5.75 Å². The van der Waals surface area contributed by atoms with Crippen LogP contribution in [0.2, 0.25) is 0 Å². The molecule has 0 aliphatic carbocycles. The van der Waals surface area contributed by atoms with Gasteiger partial charge in [-0.3, -0.25) is 4.79 Å². The first-order valence-electron chi connectivity index (χ1n) is 5.79. The number of ether oxygens (including phenoxy) is 1. The number of nitrogens with one attached hydrogen (secondary N) is 1. The number of benzene rings is 1. The Morgan fingerprint density at radius 2 is 1.76 bits per heavy atom. The molecule has 0 saturated carbocycles. The first-order valence-corrected chi connectivity index (χ1v) is 5.79. The summed E-state index contributed by atoms with van der Waals surface area (Å²) in [6, 6.07) is 7.73. The molecule has 3 nitrogen and oxygen atoms in total. The Bertz CT molecular complexity index is 376. The van der Waals surface area contributed by atoms with E-state index in [1.165, 1.54) is 0 Å². The molecule has 3 heteroatoms. The second-order valence-corrected chi connectivity index (χ2v) is 5.22. The molecule has 1 aromatic carbocycles. The van der Waals surface area contributed by atoms with Gasteiger partial charge in [0, 0.05) is 5.41 Å². The van der Waals surface area contributed by atoms with E-state index in [1.54, 1.807) is 7.11 Å². The van der Waals surface area contributed by atoms with Gasteiger partial charge in [-0.15, -0.1) is 0 Å². The molecule has 0 fully saturated rings. The fourth-order valence-electron chi connectivity index (χ4n) is 1.39. The van der Waals surface area contributed by atoms with E-state index in [4.69, 9.17) is 4.74 Å².